The summed E-state index contributed by atoms with van der Waals surface area (Å²) in [5.41, 5.74) is 7.51. The van der Waals surface area contributed by atoms with Crippen LogP contribution in [0.2, 0.25) is 0 Å². The molecule has 3 N–H and O–H groups in total. The Bertz CT molecular complexity index is 419. The van der Waals surface area contributed by atoms with Crippen LogP contribution in [0.3, 0.4) is 0 Å². The Kier molecular flexibility index (Phi) is 4.31. The predicted octanol–water partition coefficient (Wildman–Crippen LogP) is 2.97. The predicted molar refractivity (Wildman–Crippen MR) is 84.1 cm³/mol. The fourth-order valence-electron chi connectivity index (χ4n) is 2.78. The molecule has 1 heterocycles. The van der Waals surface area contributed by atoms with Crippen molar-refractivity contribution in [2.75, 3.05) is 30.5 Å². The number of rotatable bonds is 4. The normalized spacial score (nSPS) is 25.9. The fourth-order valence-corrected chi connectivity index (χ4v) is 4.22. The molecule has 0 amide bonds. The fraction of sp³-hybridized carbons (Fsp3) is 0.600. The van der Waals surface area contributed by atoms with Crippen LogP contribution in [0, 0.1) is 5.41 Å². The van der Waals surface area contributed by atoms with Gasteiger partial charge in [-0.15, -0.1) is 0 Å². The summed E-state index contributed by atoms with van der Waals surface area (Å²) in [5, 5.41) is 3.65. The van der Waals surface area contributed by atoms with Crippen molar-refractivity contribution in [3.8, 4) is 5.75 Å². The van der Waals surface area contributed by atoms with Gasteiger partial charge >= 0.3 is 0 Å². The van der Waals surface area contributed by atoms with E-state index in [0.717, 1.165) is 23.6 Å². The lowest BCUT2D eigenvalue weighted by Crippen LogP contribution is -2.53. The first-order valence-corrected chi connectivity index (χ1v) is 7.84. The average Bonchev–Trinajstić information content (AvgIpc) is 2.38. The molecular formula is C15H24N2OS. The number of ether oxygens (including phenoxy) is 1. The summed E-state index contributed by atoms with van der Waals surface area (Å²) in [4.78, 5) is 0. The van der Waals surface area contributed by atoms with Crippen LogP contribution >= 0.6 is 11.8 Å². The van der Waals surface area contributed by atoms with E-state index in [1.807, 2.05) is 23.9 Å². The molecule has 19 heavy (non-hydrogen) atoms. The van der Waals surface area contributed by atoms with Crippen LogP contribution in [-0.4, -0.2) is 30.7 Å². The van der Waals surface area contributed by atoms with Crippen molar-refractivity contribution in [3.63, 3.8) is 0 Å². The Labute approximate surface area is 120 Å². The van der Waals surface area contributed by atoms with Gasteiger partial charge in [0.2, 0.25) is 0 Å². The number of hydrogen-bond donors (Lipinski definition) is 2. The molecule has 1 atom stereocenters. The summed E-state index contributed by atoms with van der Waals surface area (Å²) < 4.78 is 5.19. The van der Waals surface area contributed by atoms with E-state index < -0.39 is 0 Å². The number of thioether (sulfide) groups is 1. The molecule has 0 saturated carbocycles. The van der Waals surface area contributed by atoms with E-state index in [9.17, 15) is 0 Å². The molecule has 106 valence electrons. The van der Waals surface area contributed by atoms with Gasteiger partial charge in [0, 0.05) is 18.0 Å². The molecule has 0 aromatic heterocycles. The van der Waals surface area contributed by atoms with Crippen molar-refractivity contribution in [1.82, 2.24) is 0 Å². The van der Waals surface area contributed by atoms with E-state index in [4.69, 9.17) is 10.5 Å². The molecule has 2 rings (SSSR count). The highest BCUT2D eigenvalue weighted by molar-refractivity contribution is 7.99. The van der Waals surface area contributed by atoms with Crippen molar-refractivity contribution in [2.24, 2.45) is 11.1 Å². The number of nitrogens with one attached hydrogen (secondary N) is 1. The smallest absolute Gasteiger partial charge is 0.119 e. The third-order valence-electron chi connectivity index (χ3n) is 3.58. The Morgan fingerprint density at radius 2 is 1.95 bits per heavy atom. The third-order valence-corrected chi connectivity index (χ3v) is 5.32. The Morgan fingerprint density at radius 3 is 2.47 bits per heavy atom. The van der Waals surface area contributed by atoms with Crippen LogP contribution in [0.4, 0.5) is 5.69 Å². The number of methoxy groups -OCH3 is 1. The second kappa shape index (κ2) is 5.63. The SMILES string of the molecule is COc1ccc(NC2(CN)CSCC(C)(C)C2)cc1. The van der Waals surface area contributed by atoms with Crippen LogP contribution in [0.15, 0.2) is 24.3 Å². The van der Waals surface area contributed by atoms with E-state index in [0.29, 0.717) is 12.0 Å². The molecule has 0 spiro atoms. The Morgan fingerprint density at radius 1 is 1.26 bits per heavy atom. The maximum absolute atomic E-state index is 6.06. The summed E-state index contributed by atoms with van der Waals surface area (Å²) in [6.45, 7) is 5.30. The molecule has 1 aliphatic heterocycles. The van der Waals surface area contributed by atoms with Crippen molar-refractivity contribution < 1.29 is 4.74 Å². The third kappa shape index (κ3) is 3.57. The summed E-state index contributed by atoms with van der Waals surface area (Å²) >= 11 is 1.99. The van der Waals surface area contributed by atoms with Gasteiger partial charge in [-0.3, -0.25) is 0 Å². The molecule has 1 aromatic rings. The lowest BCUT2D eigenvalue weighted by atomic mass is 9.79. The van der Waals surface area contributed by atoms with Crippen LogP contribution in [0.25, 0.3) is 0 Å². The van der Waals surface area contributed by atoms with Gasteiger partial charge in [-0.1, -0.05) is 13.8 Å². The Balaban J connectivity index is 2.13. The van der Waals surface area contributed by atoms with Gasteiger partial charge in [0.05, 0.1) is 12.6 Å². The average molecular weight is 280 g/mol. The van der Waals surface area contributed by atoms with E-state index in [1.54, 1.807) is 7.11 Å². The van der Waals surface area contributed by atoms with Gasteiger partial charge in [-0.25, -0.2) is 0 Å². The monoisotopic (exact) mass is 280 g/mol. The van der Waals surface area contributed by atoms with Gasteiger partial charge in [0.25, 0.3) is 0 Å². The topological polar surface area (TPSA) is 47.3 Å². The van der Waals surface area contributed by atoms with E-state index >= 15 is 0 Å². The summed E-state index contributed by atoms with van der Waals surface area (Å²) in [6.07, 6.45) is 1.11. The molecular weight excluding hydrogens is 256 g/mol. The van der Waals surface area contributed by atoms with Crippen LogP contribution in [0.1, 0.15) is 20.3 Å². The van der Waals surface area contributed by atoms with Gasteiger partial charge in [-0.05, 0) is 41.9 Å². The van der Waals surface area contributed by atoms with Crippen LogP contribution < -0.4 is 15.8 Å². The molecule has 1 saturated heterocycles. The first-order chi connectivity index (χ1) is 8.99. The second-order valence-corrected chi connectivity index (χ2v) is 7.16. The zero-order valence-electron chi connectivity index (χ0n) is 12.0. The van der Waals surface area contributed by atoms with E-state index in [2.05, 4.69) is 31.3 Å². The lowest BCUT2D eigenvalue weighted by molar-refractivity contribution is 0.290. The molecule has 4 heteroatoms. The highest BCUT2D eigenvalue weighted by Gasteiger charge is 2.39. The highest BCUT2D eigenvalue weighted by atomic mass is 32.2. The largest absolute Gasteiger partial charge is 0.497 e. The van der Waals surface area contributed by atoms with Crippen molar-refractivity contribution in [2.45, 2.75) is 25.8 Å². The summed E-state index contributed by atoms with van der Waals surface area (Å²) in [7, 11) is 1.68. The second-order valence-electron chi connectivity index (χ2n) is 6.17. The van der Waals surface area contributed by atoms with E-state index in [-0.39, 0.29) is 5.54 Å². The van der Waals surface area contributed by atoms with Gasteiger partial charge in [0.1, 0.15) is 5.75 Å². The molecule has 1 unspecified atom stereocenters. The maximum Gasteiger partial charge on any atom is 0.119 e. The van der Waals surface area contributed by atoms with Crippen LogP contribution in [-0.2, 0) is 0 Å². The van der Waals surface area contributed by atoms with Crippen LogP contribution in [0.5, 0.6) is 5.75 Å². The highest BCUT2D eigenvalue weighted by Crippen LogP contribution is 2.40. The van der Waals surface area contributed by atoms with E-state index in [1.165, 1.54) is 5.75 Å². The minimum absolute atomic E-state index is 0.000997. The minimum Gasteiger partial charge on any atom is -0.497 e. The molecule has 0 radical (unpaired) electrons. The molecule has 0 bridgehead atoms. The standard InChI is InChI=1S/C15H24N2OS/c1-14(2)8-15(9-16,11-19-10-14)17-12-4-6-13(18-3)7-5-12/h4-7,17H,8-11,16H2,1-3H3. The van der Waals surface area contributed by atoms with Crippen molar-refractivity contribution >= 4 is 17.4 Å². The number of nitrogens with two attached hydrogens (primary N) is 1. The number of anilines is 1. The maximum atomic E-state index is 6.06. The molecule has 0 aliphatic carbocycles. The molecule has 1 fully saturated rings. The van der Waals surface area contributed by atoms with Gasteiger partial charge in [0.15, 0.2) is 0 Å². The zero-order chi connectivity index (χ0) is 13.9. The Hall–Kier alpha value is -0.870. The first-order valence-electron chi connectivity index (χ1n) is 6.69. The lowest BCUT2D eigenvalue weighted by Gasteiger charge is -2.45. The summed E-state index contributed by atoms with van der Waals surface area (Å²) in [5.74, 6) is 3.16. The zero-order valence-corrected chi connectivity index (χ0v) is 12.8. The summed E-state index contributed by atoms with van der Waals surface area (Å²) in [6, 6.07) is 8.08. The van der Waals surface area contributed by atoms with Crippen molar-refractivity contribution in [1.29, 1.82) is 0 Å². The number of benzene rings is 1. The number of hydrogen-bond acceptors (Lipinski definition) is 4. The molecule has 1 aromatic carbocycles. The molecule has 3 nitrogen and oxygen atoms in total. The van der Waals surface area contributed by atoms with Gasteiger partial charge in [-0.2, -0.15) is 11.8 Å². The van der Waals surface area contributed by atoms with Crippen molar-refractivity contribution in [3.05, 3.63) is 24.3 Å². The molecule has 1 aliphatic rings. The quantitative estimate of drug-likeness (QED) is 0.890. The first kappa shape index (κ1) is 14.5. The van der Waals surface area contributed by atoms with Gasteiger partial charge < -0.3 is 15.8 Å². The minimum atomic E-state index is 0.000997.